The Labute approximate surface area is 168 Å². The maximum atomic E-state index is 12.3. The molecule has 3 aromatic rings. The number of nitro groups is 1. The number of non-ortho nitro benzene ring substituents is 1. The number of carbonyl (C=O) groups excluding carboxylic acids is 2. The molecule has 148 valence electrons. The quantitative estimate of drug-likeness (QED) is 0.275. The normalized spacial score (nSPS) is 10.8. The number of ether oxygens (including phenoxy) is 2. The maximum absolute atomic E-state index is 12.3. The molecule has 10 heteroatoms. The largest absolute Gasteiger partial charge is 0.481 e. The van der Waals surface area contributed by atoms with Crippen LogP contribution in [-0.2, 0) is 9.53 Å². The van der Waals surface area contributed by atoms with Crippen molar-refractivity contribution in [3.63, 3.8) is 0 Å². The van der Waals surface area contributed by atoms with E-state index in [1.54, 1.807) is 36.4 Å². The van der Waals surface area contributed by atoms with Crippen molar-refractivity contribution >= 4 is 45.2 Å². The van der Waals surface area contributed by atoms with Gasteiger partial charge in [0.15, 0.2) is 6.61 Å². The molecule has 0 radical (unpaired) electrons. The van der Waals surface area contributed by atoms with Crippen LogP contribution >= 0.6 is 11.3 Å². The van der Waals surface area contributed by atoms with Gasteiger partial charge in [0.25, 0.3) is 11.6 Å². The third kappa shape index (κ3) is 4.93. The Kier molecular flexibility index (Phi) is 6.15. The molecule has 2 aromatic carbocycles. The van der Waals surface area contributed by atoms with E-state index in [1.165, 1.54) is 36.8 Å². The summed E-state index contributed by atoms with van der Waals surface area (Å²) in [7, 11) is 1.26. The fraction of sp³-hybridized carbons (Fsp3) is 0.105. The second-order valence-electron chi connectivity index (χ2n) is 5.69. The molecule has 0 aliphatic carbocycles. The number of nitro benzene ring substituents is 1. The predicted molar refractivity (Wildman–Crippen MR) is 107 cm³/mol. The number of hydrazone groups is 1. The van der Waals surface area contributed by atoms with Crippen LogP contribution in [0.1, 0.15) is 15.2 Å². The summed E-state index contributed by atoms with van der Waals surface area (Å²) in [6.07, 6.45) is 1.39. The first-order valence-electron chi connectivity index (χ1n) is 8.28. The van der Waals surface area contributed by atoms with Gasteiger partial charge in [0.05, 0.1) is 23.1 Å². The summed E-state index contributed by atoms with van der Waals surface area (Å²) in [5, 5.41) is 15.4. The molecule has 0 fully saturated rings. The van der Waals surface area contributed by atoms with Gasteiger partial charge in [-0.3, -0.25) is 14.9 Å². The number of esters is 1. The molecule has 9 nitrogen and oxygen atoms in total. The smallest absolute Gasteiger partial charge is 0.343 e. The average molecular weight is 413 g/mol. The van der Waals surface area contributed by atoms with Gasteiger partial charge in [-0.25, -0.2) is 10.2 Å². The molecule has 0 atom stereocenters. The average Bonchev–Trinajstić information content (AvgIpc) is 3.16. The van der Waals surface area contributed by atoms with E-state index in [9.17, 15) is 19.7 Å². The van der Waals surface area contributed by atoms with Crippen molar-refractivity contribution in [1.29, 1.82) is 0 Å². The number of hydrogen-bond donors (Lipinski definition) is 1. The Hall–Kier alpha value is -3.79. The molecule has 1 amide bonds. The summed E-state index contributed by atoms with van der Waals surface area (Å²) < 4.78 is 10.7. The third-order valence-electron chi connectivity index (χ3n) is 3.80. The van der Waals surface area contributed by atoms with E-state index in [2.05, 4.69) is 15.3 Å². The Morgan fingerprint density at radius 1 is 1.24 bits per heavy atom. The number of nitrogens with zero attached hydrogens (tertiary/aromatic N) is 2. The molecule has 1 aromatic heterocycles. The number of nitrogens with one attached hydrogen (secondary N) is 1. The first-order valence-corrected chi connectivity index (χ1v) is 9.09. The van der Waals surface area contributed by atoms with E-state index in [0.29, 0.717) is 21.6 Å². The molecule has 0 saturated carbocycles. The summed E-state index contributed by atoms with van der Waals surface area (Å²) in [6.45, 7) is -0.248. The molecule has 0 unspecified atom stereocenters. The van der Waals surface area contributed by atoms with Crippen LogP contribution in [0.2, 0.25) is 0 Å². The zero-order chi connectivity index (χ0) is 20.8. The predicted octanol–water partition coefficient (Wildman–Crippen LogP) is 3.13. The molecule has 0 bridgehead atoms. The molecular formula is C19H15N3O6S. The molecule has 0 saturated heterocycles. The maximum Gasteiger partial charge on any atom is 0.343 e. The van der Waals surface area contributed by atoms with Gasteiger partial charge in [-0.05, 0) is 24.3 Å². The van der Waals surface area contributed by atoms with Crippen LogP contribution in [0.25, 0.3) is 10.1 Å². The van der Waals surface area contributed by atoms with Gasteiger partial charge in [-0.15, -0.1) is 11.3 Å². The zero-order valence-corrected chi connectivity index (χ0v) is 16.0. The number of benzene rings is 2. The standard InChI is InChI=1S/C19H15N3O6S/c1-27-18(23)11-28-15-5-3-2-4-12(15)10-20-21-19(24)17-9-13-8-14(22(25)26)6-7-16(13)29-17/h2-10H,11H2,1H3,(H,21,24)/b20-10-. The number of thiophene rings is 1. The second-order valence-corrected chi connectivity index (χ2v) is 6.78. The van der Waals surface area contributed by atoms with Gasteiger partial charge in [-0.1, -0.05) is 12.1 Å². The highest BCUT2D eigenvalue weighted by Crippen LogP contribution is 2.28. The lowest BCUT2D eigenvalue weighted by Gasteiger charge is -2.07. The highest BCUT2D eigenvalue weighted by molar-refractivity contribution is 7.20. The zero-order valence-electron chi connectivity index (χ0n) is 15.2. The van der Waals surface area contributed by atoms with Gasteiger partial charge in [0, 0.05) is 27.8 Å². The number of carbonyl (C=O) groups is 2. The van der Waals surface area contributed by atoms with Crippen molar-refractivity contribution in [2.45, 2.75) is 0 Å². The van der Waals surface area contributed by atoms with Crippen molar-refractivity contribution in [3.8, 4) is 5.75 Å². The molecule has 1 N–H and O–H groups in total. The Morgan fingerprint density at radius 3 is 2.79 bits per heavy atom. The minimum atomic E-state index is -0.518. The monoisotopic (exact) mass is 413 g/mol. The topological polar surface area (TPSA) is 120 Å². The minimum Gasteiger partial charge on any atom is -0.481 e. The van der Waals surface area contributed by atoms with E-state index >= 15 is 0 Å². The number of fused-ring (bicyclic) bond motifs is 1. The molecule has 1 heterocycles. The van der Waals surface area contributed by atoms with Gasteiger partial charge >= 0.3 is 5.97 Å². The third-order valence-corrected chi connectivity index (χ3v) is 4.91. The lowest BCUT2D eigenvalue weighted by atomic mass is 10.2. The van der Waals surface area contributed by atoms with E-state index < -0.39 is 16.8 Å². The van der Waals surface area contributed by atoms with Gasteiger partial charge in [-0.2, -0.15) is 5.10 Å². The SMILES string of the molecule is COC(=O)COc1ccccc1/C=N\NC(=O)c1cc2cc([N+](=O)[O-])ccc2s1. The van der Waals surface area contributed by atoms with Crippen LogP contribution in [0.4, 0.5) is 5.69 Å². The number of para-hydroxylation sites is 1. The Morgan fingerprint density at radius 2 is 2.03 bits per heavy atom. The number of hydrogen-bond acceptors (Lipinski definition) is 8. The molecule has 29 heavy (non-hydrogen) atoms. The Balaban J connectivity index is 1.69. The van der Waals surface area contributed by atoms with Crippen molar-refractivity contribution in [3.05, 3.63) is 69.1 Å². The van der Waals surface area contributed by atoms with E-state index in [0.717, 1.165) is 4.70 Å². The fourth-order valence-electron chi connectivity index (χ4n) is 2.39. The number of methoxy groups -OCH3 is 1. The lowest BCUT2D eigenvalue weighted by Crippen LogP contribution is -2.16. The van der Waals surface area contributed by atoms with Gasteiger partial charge < -0.3 is 9.47 Å². The second kappa shape index (κ2) is 8.93. The summed E-state index contributed by atoms with van der Waals surface area (Å²) in [5.74, 6) is -0.557. The van der Waals surface area contributed by atoms with Crippen LogP contribution < -0.4 is 10.2 Å². The molecule has 3 rings (SSSR count). The lowest BCUT2D eigenvalue weighted by molar-refractivity contribution is -0.384. The van der Waals surface area contributed by atoms with Crippen molar-refractivity contribution in [2.24, 2.45) is 5.10 Å². The van der Waals surface area contributed by atoms with Crippen molar-refractivity contribution in [1.82, 2.24) is 5.43 Å². The summed E-state index contributed by atoms with van der Waals surface area (Å²) >= 11 is 1.20. The van der Waals surface area contributed by atoms with E-state index in [1.807, 2.05) is 0 Å². The highest BCUT2D eigenvalue weighted by atomic mass is 32.1. The first kappa shape index (κ1) is 20.0. The van der Waals surface area contributed by atoms with Crippen LogP contribution in [0, 0.1) is 10.1 Å². The summed E-state index contributed by atoms with van der Waals surface area (Å²) in [4.78, 5) is 34.3. The van der Waals surface area contributed by atoms with Crippen LogP contribution in [0.15, 0.2) is 53.6 Å². The summed E-state index contributed by atoms with van der Waals surface area (Å²) in [6, 6.07) is 12.8. The molecular weight excluding hydrogens is 398 g/mol. The van der Waals surface area contributed by atoms with Crippen LogP contribution in [0.3, 0.4) is 0 Å². The minimum absolute atomic E-state index is 0.0381. The van der Waals surface area contributed by atoms with Crippen molar-refractivity contribution < 1.29 is 24.0 Å². The molecule has 0 spiro atoms. The fourth-order valence-corrected chi connectivity index (χ4v) is 3.32. The number of rotatable bonds is 7. The van der Waals surface area contributed by atoms with E-state index in [-0.39, 0.29) is 12.3 Å². The van der Waals surface area contributed by atoms with Crippen LogP contribution in [0.5, 0.6) is 5.75 Å². The van der Waals surface area contributed by atoms with Crippen molar-refractivity contribution in [2.75, 3.05) is 13.7 Å². The number of amides is 1. The first-order chi connectivity index (χ1) is 14.0. The molecule has 0 aliphatic rings. The van der Waals surface area contributed by atoms with Crippen LogP contribution in [-0.4, -0.2) is 36.7 Å². The van der Waals surface area contributed by atoms with Gasteiger partial charge in [0.1, 0.15) is 5.75 Å². The molecule has 0 aliphatic heterocycles. The van der Waals surface area contributed by atoms with E-state index in [4.69, 9.17) is 4.74 Å². The van der Waals surface area contributed by atoms with Gasteiger partial charge in [0.2, 0.25) is 0 Å². The Bertz CT molecular complexity index is 1110. The highest BCUT2D eigenvalue weighted by Gasteiger charge is 2.13. The summed E-state index contributed by atoms with van der Waals surface area (Å²) in [5.41, 5.74) is 2.93.